The summed E-state index contributed by atoms with van der Waals surface area (Å²) in [6.07, 6.45) is 1.39. The number of aromatic nitrogens is 2. The number of nitrogens with zero attached hydrogens (tertiary/aromatic N) is 1. The van der Waals surface area contributed by atoms with Crippen LogP contribution in [0.4, 0.5) is 0 Å². The van der Waals surface area contributed by atoms with Crippen molar-refractivity contribution in [2.75, 3.05) is 0 Å². The molecule has 1 N–H and O–H groups in total. The fourth-order valence-corrected chi connectivity index (χ4v) is 0.687. The minimum Gasteiger partial charge on any atom is -0.313 e. The zero-order valence-corrected chi connectivity index (χ0v) is 6.16. The zero-order valence-electron chi connectivity index (χ0n) is 5.01. The third-order valence-corrected chi connectivity index (χ3v) is 1.71. The maximum absolute atomic E-state index is 10.7. The lowest BCUT2D eigenvalue weighted by atomic mass is 10.4. The molecule has 0 bridgehead atoms. The van der Waals surface area contributed by atoms with Crippen LogP contribution >= 0.6 is 9.24 Å². The molecule has 0 aromatic carbocycles. The van der Waals surface area contributed by atoms with Crippen molar-refractivity contribution in [1.82, 2.24) is 9.97 Å². The van der Waals surface area contributed by atoms with Crippen LogP contribution in [-0.4, -0.2) is 9.97 Å². The summed E-state index contributed by atoms with van der Waals surface area (Å²) in [7, 11) is 2.39. The molecule has 1 rings (SSSR count). The van der Waals surface area contributed by atoms with Crippen LogP contribution < -0.4 is 11.0 Å². The molecule has 0 spiro atoms. The average molecular weight is 142 g/mol. The molecular formula is C5H7N2OP. The first-order valence-corrected chi connectivity index (χ1v) is 3.09. The second-order valence-corrected chi connectivity index (χ2v) is 2.29. The molecular weight excluding hydrogens is 135 g/mol. The molecule has 0 fully saturated rings. The van der Waals surface area contributed by atoms with E-state index >= 15 is 0 Å². The molecule has 3 nitrogen and oxygen atoms in total. The first-order chi connectivity index (χ1) is 4.22. The Morgan fingerprint density at radius 3 is 2.89 bits per heavy atom. The van der Waals surface area contributed by atoms with Crippen molar-refractivity contribution < 1.29 is 0 Å². The van der Waals surface area contributed by atoms with E-state index in [1.807, 2.05) is 0 Å². The first-order valence-electron chi connectivity index (χ1n) is 2.51. The number of hydrogen-bond donors (Lipinski definition) is 1. The van der Waals surface area contributed by atoms with Gasteiger partial charge in [-0.1, -0.05) is 9.24 Å². The van der Waals surface area contributed by atoms with Crippen LogP contribution in [0.3, 0.4) is 0 Å². The van der Waals surface area contributed by atoms with E-state index < -0.39 is 0 Å². The van der Waals surface area contributed by atoms with Gasteiger partial charge in [-0.3, -0.25) is 4.79 Å². The third kappa shape index (κ3) is 1.16. The molecule has 1 atom stereocenters. The van der Waals surface area contributed by atoms with Gasteiger partial charge in [-0.05, 0) is 6.92 Å². The van der Waals surface area contributed by atoms with E-state index in [-0.39, 0.29) is 5.56 Å². The Hall–Kier alpha value is -0.690. The van der Waals surface area contributed by atoms with Crippen molar-refractivity contribution in [3.8, 4) is 0 Å². The van der Waals surface area contributed by atoms with Crippen LogP contribution in [0.2, 0.25) is 0 Å². The topological polar surface area (TPSA) is 45.8 Å². The molecule has 1 aromatic rings. The standard InChI is InChI=1S/C5H7N2OP/c1-3-4(8)6-2-7-5(3)9/h2H,9H2,1H3,(H,6,7,8). The van der Waals surface area contributed by atoms with Crippen LogP contribution in [0.1, 0.15) is 5.56 Å². The van der Waals surface area contributed by atoms with Crippen LogP contribution in [-0.2, 0) is 0 Å². The Labute approximate surface area is 54.7 Å². The van der Waals surface area contributed by atoms with E-state index in [0.29, 0.717) is 11.0 Å². The van der Waals surface area contributed by atoms with Crippen LogP contribution in [0, 0.1) is 6.92 Å². The first kappa shape index (κ1) is 6.43. The van der Waals surface area contributed by atoms with Gasteiger partial charge in [-0.15, -0.1) is 0 Å². The van der Waals surface area contributed by atoms with Crippen molar-refractivity contribution in [1.29, 1.82) is 0 Å². The highest BCUT2D eigenvalue weighted by Crippen LogP contribution is 1.83. The maximum atomic E-state index is 10.7. The Morgan fingerprint density at radius 2 is 2.44 bits per heavy atom. The molecule has 1 heterocycles. The van der Waals surface area contributed by atoms with Gasteiger partial charge in [0.25, 0.3) is 5.56 Å². The molecule has 0 aliphatic heterocycles. The monoisotopic (exact) mass is 142 g/mol. The van der Waals surface area contributed by atoms with E-state index in [9.17, 15) is 4.79 Å². The maximum Gasteiger partial charge on any atom is 0.254 e. The predicted molar refractivity (Wildman–Crippen MR) is 38.9 cm³/mol. The molecule has 0 radical (unpaired) electrons. The lowest BCUT2D eigenvalue weighted by molar-refractivity contribution is 1.11. The highest BCUT2D eigenvalue weighted by atomic mass is 31.0. The molecule has 48 valence electrons. The number of rotatable bonds is 0. The molecule has 1 unspecified atom stereocenters. The summed E-state index contributed by atoms with van der Waals surface area (Å²) in [5.41, 5.74) is 1.29. The molecule has 0 saturated heterocycles. The van der Waals surface area contributed by atoms with Gasteiger partial charge in [-0.25, -0.2) is 4.98 Å². The third-order valence-electron chi connectivity index (χ3n) is 1.12. The van der Waals surface area contributed by atoms with Gasteiger partial charge in [-0.2, -0.15) is 0 Å². The normalized spacial score (nSPS) is 9.56. The molecule has 0 saturated carbocycles. The van der Waals surface area contributed by atoms with Crippen molar-refractivity contribution >= 4 is 14.7 Å². The predicted octanol–water partition coefficient (Wildman–Crippen LogP) is -0.421. The van der Waals surface area contributed by atoms with Gasteiger partial charge >= 0.3 is 0 Å². The molecule has 0 aliphatic carbocycles. The minimum atomic E-state index is -0.0741. The number of nitrogens with one attached hydrogen (secondary N) is 1. The number of aromatic amines is 1. The zero-order chi connectivity index (χ0) is 6.85. The molecule has 1 aromatic heterocycles. The van der Waals surface area contributed by atoms with E-state index in [2.05, 4.69) is 19.2 Å². The Kier molecular flexibility index (Phi) is 1.63. The summed E-state index contributed by atoms with van der Waals surface area (Å²) in [6.45, 7) is 1.73. The highest BCUT2D eigenvalue weighted by Gasteiger charge is 1.94. The number of H-pyrrole nitrogens is 1. The summed E-state index contributed by atoms with van der Waals surface area (Å²) in [5.74, 6) is 0. The van der Waals surface area contributed by atoms with Crippen molar-refractivity contribution in [2.24, 2.45) is 0 Å². The molecule has 0 aliphatic rings. The Bertz CT molecular complexity index is 268. The fraction of sp³-hybridized carbons (Fsp3) is 0.200. The average Bonchev–Trinajstić information content (AvgIpc) is 1.83. The minimum absolute atomic E-state index is 0.0741. The van der Waals surface area contributed by atoms with Crippen molar-refractivity contribution in [2.45, 2.75) is 6.92 Å². The quantitative estimate of drug-likeness (QED) is 0.500. The van der Waals surface area contributed by atoms with E-state index in [1.54, 1.807) is 6.92 Å². The Morgan fingerprint density at radius 1 is 1.78 bits per heavy atom. The van der Waals surface area contributed by atoms with Crippen molar-refractivity contribution in [3.05, 3.63) is 22.2 Å². The second-order valence-electron chi connectivity index (χ2n) is 1.74. The van der Waals surface area contributed by atoms with Gasteiger partial charge in [0.1, 0.15) is 0 Å². The van der Waals surface area contributed by atoms with Gasteiger partial charge in [0.2, 0.25) is 0 Å². The summed E-state index contributed by atoms with van der Waals surface area (Å²) < 4.78 is 0. The SMILES string of the molecule is Cc1c(P)nc[nH]c1=O. The van der Waals surface area contributed by atoms with Gasteiger partial charge in [0.15, 0.2) is 0 Å². The smallest absolute Gasteiger partial charge is 0.254 e. The van der Waals surface area contributed by atoms with Crippen molar-refractivity contribution in [3.63, 3.8) is 0 Å². The van der Waals surface area contributed by atoms with Gasteiger partial charge in [0, 0.05) is 5.56 Å². The van der Waals surface area contributed by atoms with Crippen LogP contribution in [0.15, 0.2) is 11.1 Å². The summed E-state index contributed by atoms with van der Waals surface area (Å²) in [5, 5.41) is 0. The highest BCUT2D eigenvalue weighted by molar-refractivity contribution is 7.27. The number of hydrogen-bond acceptors (Lipinski definition) is 2. The molecule has 0 amide bonds. The van der Waals surface area contributed by atoms with E-state index in [1.165, 1.54) is 6.33 Å². The lowest BCUT2D eigenvalue weighted by Crippen LogP contribution is -2.18. The van der Waals surface area contributed by atoms with Crippen LogP contribution in [0.25, 0.3) is 0 Å². The summed E-state index contributed by atoms with van der Waals surface area (Å²) >= 11 is 0. The molecule has 9 heavy (non-hydrogen) atoms. The summed E-state index contributed by atoms with van der Waals surface area (Å²) in [6, 6.07) is 0. The van der Waals surface area contributed by atoms with Gasteiger partial charge in [0.05, 0.1) is 11.8 Å². The summed E-state index contributed by atoms with van der Waals surface area (Å²) in [4.78, 5) is 17.0. The largest absolute Gasteiger partial charge is 0.313 e. The second kappa shape index (κ2) is 2.28. The van der Waals surface area contributed by atoms with Gasteiger partial charge < -0.3 is 4.98 Å². The lowest BCUT2D eigenvalue weighted by Gasteiger charge is -1.91. The Balaban J connectivity index is 3.43. The fourth-order valence-electron chi connectivity index (χ4n) is 0.482. The van der Waals surface area contributed by atoms with E-state index in [0.717, 1.165) is 0 Å². The molecule has 4 heteroatoms. The van der Waals surface area contributed by atoms with E-state index in [4.69, 9.17) is 0 Å². The van der Waals surface area contributed by atoms with Crippen LogP contribution in [0.5, 0.6) is 0 Å².